The molecule has 4 rings (SSSR count). The van der Waals surface area contributed by atoms with Crippen molar-refractivity contribution in [3.05, 3.63) is 64.5 Å². The molecule has 10 heteroatoms. The summed E-state index contributed by atoms with van der Waals surface area (Å²) in [6.07, 6.45) is 1.56. The Bertz CT molecular complexity index is 1040. The second-order valence-corrected chi connectivity index (χ2v) is 6.06. The molecular weight excluding hydrogens is 360 g/mol. The fraction of sp³-hybridized carbons (Fsp3) is 0.0625. The zero-order valence-electron chi connectivity index (χ0n) is 13.1. The third-order valence-corrected chi connectivity index (χ3v) is 4.23. The van der Waals surface area contributed by atoms with Gasteiger partial charge in [-0.2, -0.15) is 0 Å². The average Bonchev–Trinajstić information content (AvgIpc) is 3.40. The number of nitrogens with zero attached hydrogens (tertiary/aromatic N) is 4. The molecule has 0 aliphatic heterocycles. The first kappa shape index (κ1) is 16.1. The molecule has 0 spiro atoms. The SMILES string of the molecule is O=[N+]([O-])c1cccc(-c2nnc(SCc3cc(-c4ccco4)on3)o2)c1. The third kappa shape index (κ3) is 3.35. The number of thioether (sulfide) groups is 1. The van der Waals surface area contributed by atoms with Crippen LogP contribution in [0.2, 0.25) is 0 Å². The predicted molar refractivity (Wildman–Crippen MR) is 90.2 cm³/mol. The normalized spacial score (nSPS) is 10.9. The van der Waals surface area contributed by atoms with Crippen LogP contribution in [0.15, 0.2) is 67.3 Å². The van der Waals surface area contributed by atoms with Gasteiger partial charge < -0.3 is 13.4 Å². The monoisotopic (exact) mass is 370 g/mol. The summed E-state index contributed by atoms with van der Waals surface area (Å²) in [5.74, 6) is 1.81. The molecule has 0 amide bonds. The van der Waals surface area contributed by atoms with Crippen LogP contribution in [-0.2, 0) is 5.75 Å². The van der Waals surface area contributed by atoms with E-state index in [0.29, 0.717) is 33.8 Å². The maximum Gasteiger partial charge on any atom is 0.277 e. The number of hydrogen-bond donors (Lipinski definition) is 0. The number of furan rings is 1. The van der Waals surface area contributed by atoms with Gasteiger partial charge in [0.15, 0.2) is 5.76 Å². The number of non-ortho nitro benzene ring substituents is 1. The Kier molecular flexibility index (Phi) is 4.23. The molecule has 0 saturated heterocycles. The van der Waals surface area contributed by atoms with Crippen molar-refractivity contribution < 1.29 is 18.3 Å². The summed E-state index contributed by atoms with van der Waals surface area (Å²) in [7, 11) is 0. The lowest BCUT2D eigenvalue weighted by molar-refractivity contribution is -0.384. The van der Waals surface area contributed by atoms with E-state index in [1.165, 1.54) is 23.9 Å². The van der Waals surface area contributed by atoms with Gasteiger partial charge in [-0.1, -0.05) is 23.0 Å². The maximum absolute atomic E-state index is 10.8. The van der Waals surface area contributed by atoms with Crippen LogP contribution in [0, 0.1) is 10.1 Å². The predicted octanol–water partition coefficient (Wildman–Crippen LogP) is 4.19. The Morgan fingerprint density at radius 3 is 2.85 bits per heavy atom. The van der Waals surface area contributed by atoms with E-state index in [0.717, 1.165) is 0 Å². The van der Waals surface area contributed by atoms with E-state index in [2.05, 4.69) is 15.4 Å². The Morgan fingerprint density at radius 2 is 2.04 bits per heavy atom. The van der Waals surface area contributed by atoms with Gasteiger partial charge in [-0.3, -0.25) is 10.1 Å². The Balaban J connectivity index is 1.44. The minimum atomic E-state index is -0.475. The molecule has 0 bridgehead atoms. The molecule has 0 saturated carbocycles. The minimum Gasteiger partial charge on any atom is -0.461 e. The van der Waals surface area contributed by atoms with Gasteiger partial charge in [-0.15, -0.1) is 10.2 Å². The molecule has 1 aromatic carbocycles. The van der Waals surface area contributed by atoms with E-state index in [9.17, 15) is 10.1 Å². The van der Waals surface area contributed by atoms with Gasteiger partial charge in [0.05, 0.1) is 16.9 Å². The van der Waals surface area contributed by atoms with Crippen molar-refractivity contribution >= 4 is 17.4 Å². The molecule has 130 valence electrons. The number of benzene rings is 1. The zero-order chi connectivity index (χ0) is 17.9. The van der Waals surface area contributed by atoms with Crippen molar-refractivity contribution in [2.75, 3.05) is 0 Å². The van der Waals surface area contributed by atoms with Gasteiger partial charge in [0, 0.05) is 29.5 Å². The summed E-state index contributed by atoms with van der Waals surface area (Å²) in [5.41, 5.74) is 1.14. The Labute approximate surface area is 150 Å². The Morgan fingerprint density at radius 1 is 1.12 bits per heavy atom. The first-order chi connectivity index (χ1) is 12.7. The molecule has 26 heavy (non-hydrogen) atoms. The summed E-state index contributed by atoms with van der Waals surface area (Å²) in [6.45, 7) is 0. The number of nitro benzene ring substituents is 1. The fourth-order valence-electron chi connectivity index (χ4n) is 2.19. The zero-order valence-corrected chi connectivity index (χ0v) is 13.9. The molecule has 3 aromatic heterocycles. The molecule has 0 N–H and O–H groups in total. The van der Waals surface area contributed by atoms with Crippen LogP contribution in [0.5, 0.6) is 0 Å². The number of nitro groups is 1. The van der Waals surface area contributed by atoms with Crippen molar-refractivity contribution in [3.8, 4) is 23.0 Å². The van der Waals surface area contributed by atoms with Crippen LogP contribution in [-0.4, -0.2) is 20.3 Å². The molecule has 3 heterocycles. The standard InChI is InChI=1S/C16H10N4O5S/c21-20(22)12-4-1-3-10(7-12)15-17-18-16(24-15)26-9-11-8-14(25-19-11)13-5-2-6-23-13/h1-8H,9H2. The van der Waals surface area contributed by atoms with Gasteiger partial charge in [0.2, 0.25) is 11.7 Å². The van der Waals surface area contributed by atoms with Gasteiger partial charge in [-0.05, 0) is 18.2 Å². The van der Waals surface area contributed by atoms with Crippen LogP contribution in [0.4, 0.5) is 5.69 Å². The number of aromatic nitrogens is 3. The number of rotatable bonds is 6. The van der Waals surface area contributed by atoms with E-state index < -0.39 is 4.92 Å². The highest BCUT2D eigenvalue weighted by atomic mass is 32.2. The minimum absolute atomic E-state index is 0.0389. The summed E-state index contributed by atoms with van der Waals surface area (Å²) < 4.78 is 16.0. The van der Waals surface area contributed by atoms with Gasteiger partial charge in [-0.25, -0.2) is 0 Å². The lowest BCUT2D eigenvalue weighted by atomic mass is 10.2. The highest BCUT2D eigenvalue weighted by Gasteiger charge is 2.14. The van der Waals surface area contributed by atoms with E-state index in [1.54, 1.807) is 36.6 Å². The summed E-state index contributed by atoms with van der Waals surface area (Å²) in [5, 5.41) is 23.0. The van der Waals surface area contributed by atoms with E-state index in [1.807, 2.05) is 0 Å². The molecule has 0 atom stereocenters. The van der Waals surface area contributed by atoms with Gasteiger partial charge in [0.25, 0.3) is 10.9 Å². The van der Waals surface area contributed by atoms with E-state index in [4.69, 9.17) is 13.4 Å². The molecule has 0 unspecified atom stereocenters. The van der Waals surface area contributed by atoms with E-state index in [-0.39, 0.29) is 11.6 Å². The molecule has 0 aliphatic carbocycles. The second kappa shape index (κ2) is 6.84. The van der Waals surface area contributed by atoms with Gasteiger partial charge >= 0.3 is 0 Å². The van der Waals surface area contributed by atoms with Crippen LogP contribution in [0.1, 0.15) is 5.69 Å². The molecule has 4 aromatic rings. The first-order valence-electron chi connectivity index (χ1n) is 7.39. The van der Waals surface area contributed by atoms with Gasteiger partial charge in [0.1, 0.15) is 0 Å². The number of hydrogen-bond acceptors (Lipinski definition) is 9. The molecule has 0 radical (unpaired) electrons. The van der Waals surface area contributed by atoms with Crippen LogP contribution < -0.4 is 0 Å². The smallest absolute Gasteiger partial charge is 0.277 e. The highest BCUT2D eigenvalue weighted by Crippen LogP contribution is 2.28. The summed E-state index contributed by atoms with van der Waals surface area (Å²) in [6, 6.07) is 11.3. The molecule has 0 aliphatic rings. The van der Waals surface area contributed by atoms with Crippen molar-refractivity contribution in [1.29, 1.82) is 0 Å². The topological polar surface area (TPSA) is 121 Å². The van der Waals surface area contributed by atoms with Crippen LogP contribution in [0.3, 0.4) is 0 Å². The van der Waals surface area contributed by atoms with Crippen LogP contribution >= 0.6 is 11.8 Å². The second-order valence-electron chi connectivity index (χ2n) is 5.13. The maximum atomic E-state index is 10.8. The van der Waals surface area contributed by atoms with Crippen molar-refractivity contribution in [3.63, 3.8) is 0 Å². The molecule has 0 fully saturated rings. The van der Waals surface area contributed by atoms with Crippen molar-refractivity contribution in [2.45, 2.75) is 11.0 Å². The quantitative estimate of drug-likeness (QED) is 0.279. The van der Waals surface area contributed by atoms with Crippen LogP contribution in [0.25, 0.3) is 23.0 Å². The lowest BCUT2D eigenvalue weighted by Crippen LogP contribution is -1.88. The Hall–Kier alpha value is -3.40. The lowest BCUT2D eigenvalue weighted by Gasteiger charge is -1.95. The van der Waals surface area contributed by atoms with Crippen molar-refractivity contribution in [1.82, 2.24) is 15.4 Å². The molecule has 9 nitrogen and oxygen atoms in total. The molecular formula is C16H10N4O5S. The third-order valence-electron chi connectivity index (χ3n) is 3.38. The van der Waals surface area contributed by atoms with E-state index >= 15 is 0 Å². The summed E-state index contributed by atoms with van der Waals surface area (Å²) in [4.78, 5) is 10.4. The largest absolute Gasteiger partial charge is 0.461 e. The highest BCUT2D eigenvalue weighted by molar-refractivity contribution is 7.98. The average molecular weight is 370 g/mol. The summed E-state index contributed by atoms with van der Waals surface area (Å²) >= 11 is 1.28. The fourth-order valence-corrected chi connectivity index (χ4v) is 2.83. The first-order valence-corrected chi connectivity index (χ1v) is 8.38. The van der Waals surface area contributed by atoms with Crippen molar-refractivity contribution in [2.24, 2.45) is 0 Å².